The van der Waals surface area contributed by atoms with Crippen molar-refractivity contribution in [2.45, 2.75) is 59.2 Å². The topological polar surface area (TPSA) is 86.8 Å². The summed E-state index contributed by atoms with van der Waals surface area (Å²) in [5.41, 5.74) is 4.00. The summed E-state index contributed by atoms with van der Waals surface area (Å²) in [6.07, 6.45) is 2.11. The zero-order chi connectivity index (χ0) is 29.4. The molecule has 3 rings (SSSR count). The molecule has 3 aromatic rings. The van der Waals surface area contributed by atoms with Crippen LogP contribution in [-0.2, 0) is 32.6 Å². The Morgan fingerprint density at radius 3 is 2.23 bits per heavy atom. The number of carbonyl (C=O) groups excluding carboxylic acids is 2. The largest absolute Gasteiger partial charge is 0.352 e. The van der Waals surface area contributed by atoms with E-state index in [1.165, 1.54) is 4.90 Å². The number of carbonyl (C=O) groups is 2. The van der Waals surface area contributed by atoms with Gasteiger partial charge in [0.25, 0.3) is 0 Å². The molecular formula is C31H38BrN3O4S. The van der Waals surface area contributed by atoms with Crippen molar-refractivity contribution >= 4 is 43.5 Å². The van der Waals surface area contributed by atoms with Gasteiger partial charge in [-0.2, -0.15) is 0 Å². The number of benzene rings is 3. The maximum absolute atomic E-state index is 14.1. The highest BCUT2D eigenvalue weighted by Gasteiger charge is 2.33. The number of halogens is 1. The fraction of sp³-hybridized carbons (Fsp3) is 0.355. The Bertz CT molecular complexity index is 1430. The Balaban J connectivity index is 2.07. The molecule has 0 aliphatic carbocycles. The second-order valence-electron chi connectivity index (χ2n) is 10.2. The smallest absolute Gasteiger partial charge is 0.244 e. The van der Waals surface area contributed by atoms with E-state index in [0.717, 1.165) is 43.7 Å². The molecule has 0 unspecified atom stereocenters. The molecule has 0 heterocycles. The van der Waals surface area contributed by atoms with Crippen molar-refractivity contribution in [3.05, 3.63) is 99.5 Å². The summed E-state index contributed by atoms with van der Waals surface area (Å²) in [5, 5.41) is 3.04. The van der Waals surface area contributed by atoms with Gasteiger partial charge in [-0.15, -0.1) is 0 Å². The van der Waals surface area contributed by atoms with Gasteiger partial charge in [0, 0.05) is 23.5 Å². The van der Waals surface area contributed by atoms with Gasteiger partial charge in [0.1, 0.15) is 12.6 Å². The van der Waals surface area contributed by atoms with Crippen LogP contribution in [0.25, 0.3) is 0 Å². The van der Waals surface area contributed by atoms with Crippen LogP contribution in [0.1, 0.15) is 42.5 Å². The highest BCUT2D eigenvalue weighted by Crippen LogP contribution is 2.25. The summed E-state index contributed by atoms with van der Waals surface area (Å²) in [5.74, 6) is -0.739. The molecule has 2 amide bonds. The third kappa shape index (κ3) is 8.66. The Labute approximate surface area is 246 Å². The van der Waals surface area contributed by atoms with Crippen molar-refractivity contribution in [3.8, 4) is 0 Å². The molecule has 0 saturated heterocycles. The van der Waals surface area contributed by atoms with Crippen LogP contribution in [0.5, 0.6) is 0 Å². The van der Waals surface area contributed by atoms with Crippen LogP contribution in [0.15, 0.2) is 77.3 Å². The first-order valence-corrected chi connectivity index (χ1v) is 16.0. The van der Waals surface area contributed by atoms with E-state index in [0.29, 0.717) is 5.69 Å². The van der Waals surface area contributed by atoms with E-state index in [4.69, 9.17) is 0 Å². The van der Waals surface area contributed by atoms with Gasteiger partial charge in [0.15, 0.2) is 0 Å². The second-order valence-corrected chi connectivity index (χ2v) is 13.0. The van der Waals surface area contributed by atoms with Crippen molar-refractivity contribution in [2.24, 2.45) is 0 Å². The molecule has 0 radical (unpaired) electrons. The lowest BCUT2D eigenvalue weighted by atomic mass is 10.0. The lowest BCUT2D eigenvalue weighted by Gasteiger charge is -2.34. The van der Waals surface area contributed by atoms with E-state index in [2.05, 4.69) is 21.2 Å². The molecule has 0 bridgehead atoms. The van der Waals surface area contributed by atoms with Crippen molar-refractivity contribution < 1.29 is 18.0 Å². The van der Waals surface area contributed by atoms with Crippen molar-refractivity contribution in [1.82, 2.24) is 10.2 Å². The van der Waals surface area contributed by atoms with E-state index in [9.17, 15) is 18.0 Å². The predicted octanol–water partition coefficient (Wildman–Crippen LogP) is 5.39. The van der Waals surface area contributed by atoms with Crippen LogP contribution in [-0.4, -0.2) is 50.0 Å². The molecule has 3 aromatic carbocycles. The summed E-state index contributed by atoms with van der Waals surface area (Å²) in [4.78, 5) is 29.4. The normalized spacial score (nSPS) is 12.8. The minimum absolute atomic E-state index is 0.0834. The number of amides is 2. The van der Waals surface area contributed by atoms with Gasteiger partial charge < -0.3 is 10.2 Å². The summed E-state index contributed by atoms with van der Waals surface area (Å²) in [6, 6.07) is 21.5. The Morgan fingerprint density at radius 2 is 1.62 bits per heavy atom. The van der Waals surface area contributed by atoms with Gasteiger partial charge in [-0.1, -0.05) is 83.0 Å². The number of rotatable bonds is 12. The highest BCUT2D eigenvalue weighted by atomic mass is 79.9. The molecule has 0 aliphatic rings. The fourth-order valence-electron chi connectivity index (χ4n) is 4.40. The van der Waals surface area contributed by atoms with Crippen molar-refractivity contribution in [1.29, 1.82) is 0 Å². The summed E-state index contributed by atoms with van der Waals surface area (Å²) in [6.45, 7) is 7.45. The first-order chi connectivity index (χ1) is 18.9. The number of hydrogen-bond donors (Lipinski definition) is 1. The maximum atomic E-state index is 14.1. The minimum Gasteiger partial charge on any atom is -0.352 e. The molecule has 7 nitrogen and oxygen atoms in total. The molecule has 0 spiro atoms. The summed E-state index contributed by atoms with van der Waals surface area (Å²) in [7, 11) is -3.81. The third-order valence-electron chi connectivity index (χ3n) is 6.82. The molecule has 9 heteroatoms. The van der Waals surface area contributed by atoms with Gasteiger partial charge in [-0.3, -0.25) is 13.9 Å². The van der Waals surface area contributed by atoms with Crippen LogP contribution in [0, 0.1) is 13.8 Å². The van der Waals surface area contributed by atoms with Gasteiger partial charge in [0.05, 0.1) is 11.9 Å². The molecule has 2 atom stereocenters. The van der Waals surface area contributed by atoms with Crippen LogP contribution in [0.4, 0.5) is 5.69 Å². The quantitative estimate of drug-likeness (QED) is 0.292. The molecule has 40 heavy (non-hydrogen) atoms. The maximum Gasteiger partial charge on any atom is 0.244 e. The van der Waals surface area contributed by atoms with Gasteiger partial charge in [-0.25, -0.2) is 8.42 Å². The third-order valence-corrected chi connectivity index (χ3v) is 8.85. The number of nitrogens with zero attached hydrogens (tertiary/aromatic N) is 2. The Kier molecular flexibility index (Phi) is 10.9. The molecule has 0 aliphatic heterocycles. The minimum atomic E-state index is -3.81. The van der Waals surface area contributed by atoms with Crippen LogP contribution in [0.3, 0.4) is 0 Å². The predicted molar refractivity (Wildman–Crippen MR) is 165 cm³/mol. The van der Waals surface area contributed by atoms with Crippen LogP contribution in [0.2, 0.25) is 0 Å². The molecule has 0 aromatic heterocycles. The number of anilines is 1. The number of sulfonamides is 1. The molecule has 1 N–H and O–H groups in total. The molecule has 0 saturated carbocycles. The zero-order valence-corrected chi connectivity index (χ0v) is 26.1. The molecule has 214 valence electrons. The van der Waals surface area contributed by atoms with Crippen LogP contribution < -0.4 is 9.62 Å². The fourth-order valence-corrected chi connectivity index (χ4v) is 5.49. The Morgan fingerprint density at radius 1 is 0.950 bits per heavy atom. The number of aryl methyl sites for hydroxylation is 2. The van der Waals surface area contributed by atoms with E-state index in [1.807, 2.05) is 82.3 Å². The van der Waals surface area contributed by atoms with E-state index in [-0.39, 0.29) is 24.9 Å². The van der Waals surface area contributed by atoms with Crippen LogP contribution >= 0.6 is 15.9 Å². The van der Waals surface area contributed by atoms with Crippen molar-refractivity contribution in [2.75, 3.05) is 17.1 Å². The monoisotopic (exact) mass is 627 g/mol. The standard InChI is InChI=1S/C31H38BrN3O4S/c1-6-24(4)33-31(37)29(19-25-12-8-7-9-13-25)34(20-26-14-10-11-22(2)17-26)30(36)21-35(40(5,38)39)27-15-16-28(32)23(3)18-27/h7-18,24,29H,6,19-21H2,1-5H3,(H,33,37)/t24-,29-/m1/s1. The second kappa shape index (κ2) is 13.9. The van der Waals surface area contributed by atoms with Gasteiger partial charge in [-0.05, 0) is 62.1 Å². The lowest BCUT2D eigenvalue weighted by Crippen LogP contribution is -2.54. The number of hydrogen-bond acceptors (Lipinski definition) is 4. The SMILES string of the molecule is CC[C@@H](C)NC(=O)[C@@H](Cc1ccccc1)N(Cc1cccc(C)c1)C(=O)CN(c1ccc(Br)c(C)c1)S(C)(=O)=O. The molecular weight excluding hydrogens is 590 g/mol. The van der Waals surface area contributed by atoms with E-state index >= 15 is 0 Å². The first-order valence-electron chi connectivity index (χ1n) is 13.3. The zero-order valence-electron chi connectivity index (χ0n) is 23.7. The first kappa shape index (κ1) is 31.4. The van der Waals surface area contributed by atoms with Gasteiger partial charge >= 0.3 is 0 Å². The Hall–Kier alpha value is -3.17. The van der Waals surface area contributed by atoms with E-state index in [1.54, 1.807) is 18.2 Å². The lowest BCUT2D eigenvalue weighted by molar-refractivity contribution is -0.140. The summed E-state index contributed by atoms with van der Waals surface area (Å²) < 4.78 is 27.8. The van der Waals surface area contributed by atoms with Crippen molar-refractivity contribution in [3.63, 3.8) is 0 Å². The molecule has 0 fully saturated rings. The van der Waals surface area contributed by atoms with E-state index < -0.39 is 28.5 Å². The highest BCUT2D eigenvalue weighted by molar-refractivity contribution is 9.10. The summed E-state index contributed by atoms with van der Waals surface area (Å²) >= 11 is 3.45. The average molecular weight is 629 g/mol. The van der Waals surface area contributed by atoms with Gasteiger partial charge in [0.2, 0.25) is 21.8 Å². The average Bonchev–Trinajstić information content (AvgIpc) is 2.90. The number of nitrogens with one attached hydrogen (secondary N) is 1.